The third-order valence-corrected chi connectivity index (χ3v) is 6.43. The second-order valence-electron chi connectivity index (χ2n) is 8.48. The van der Waals surface area contributed by atoms with Crippen molar-refractivity contribution in [3.8, 4) is 0 Å². The van der Waals surface area contributed by atoms with Crippen LogP contribution in [0.4, 0.5) is 5.69 Å². The number of hydrogen-bond acceptors (Lipinski definition) is 3. The second-order valence-corrected chi connectivity index (χ2v) is 8.48. The molecule has 29 heavy (non-hydrogen) atoms. The Balaban J connectivity index is 1.28. The number of carbonyl (C=O) groups excluding carboxylic acids is 2. The zero-order valence-electron chi connectivity index (χ0n) is 17.2. The Bertz CT molecular complexity index is 839. The fourth-order valence-electron chi connectivity index (χ4n) is 4.66. The molecule has 4 heteroatoms. The van der Waals surface area contributed by atoms with Crippen LogP contribution in [-0.2, 0) is 16.0 Å². The van der Waals surface area contributed by atoms with Crippen molar-refractivity contribution in [1.82, 2.24) is 4.90 Å². The van der Waals surface area contributed by atoms with Gasteiger partial charge in [0, 0.05) is 0 Å². The van der Waals surface area contributed by atoms with Crippen LogP contribution in [0.5, 0.6) is 0 Å². The van der Waals surface area contributed by atoms with E-state index in [-0.39, 0.29) is 17.9 Å². The molecule has 2 aromatic rings. The molecule has 2 aliphatic rings. The normalized spacial score (nSPS) is 21.1. The van der Waals surface area contributed by atoms with E-state index in [1.54, 1.807) is 0 Å². The highest BCUT2D eigenvalue weighted by atomic mass is 16.2. The van der Waals surface area contributed by atoms with E-state index < -0.39 is 0 Å². The number of aryl methyl sites for hydroxylation is 2. The van der Waals surface area contributed by atoms with Gasteiger partial charge in [-0.05, 0) is 69.3 Å². The molecule has 0 aliphatic carbocycles. The van der Waals surface area contributed by atoms with Gasteiger partial charge >= 0.3 is 0 Å². The van der Waals surface area contributed by atoms with Gasteiger partial charge in [-0.25, -0.2) is 4.90 Å². The maximum Gasteiger partial charge on any atom is 0.251 e. The quantitative estimate of drug-likeness (QED) is 0.688. The van der Waals surface area contributed by atoms with Crippen molar-refractivity contribution in [2.45, 2.75) is 51.5 Å². The molecule has 0 unspecified atom stereocenters. The minimum atomic E-state index is -0.283. The molecule has 2 heterocycles. The van der Waals surface area contributed by atoms with Gasteiger partial charge in [0.1, 0.15) is 0 Å². The van der Waals surface area contributed by atoms with E-state index >= 15 is 0 Å². The molecule has 0 radical (unpaired) electrons. The number of hydrogen-bond donors (Lipinski definition) is 0. The zero-order chi connectivity index (χ0) is 20.2. The Labute approximate surface area is 173 Å². The zero-order valence-corrected chi connectivity index (χ0v) is 17.2. The highest BCUT2D eigenvalue weighted by Crippen LogP contribution is 2.30. The van der Waals surface area contributed by atoms with Crippen molar-refractivity contribution in [2.24, 2.45) is 5.92 Å². The fourth-order valence-corrected chi connectivity index (χ4v) is 4.66. The number of piperidine rings is 1. The number of amides is 2. The number of carbonyl (C=O) groups is 2. The van der Waals surface area contributed by atoms with Crippen LogP contribution in [0, 0.1) is 12.8 Å². The predicted molar refractivity (Wildman–Crippen MR) is 116 cm³/mol. The first kappa shape index (κ1) is 19.8. The van der Waals surface area contributed by atoms with Gasteiger partial charge in [0.05, 0.1) is 18.2 Å². The van der Waals surface area contributed by atoms with E-state index in [2.05, 4.69) is 35.2 Å². The molecule has 0 bridgehead atoms. The summed E-state index contributed by atoms with van der Waals surface area (Å²) >= 11 is 0. The standard InChI is InChI=1S/C25H30N2O2/c1-19-10-12-22(13-11-19)27-24(28)18-23(25(27)29)26-16-14-21(15-17-26)9-5-8-20-6-3-2-4-7-20/h2-4,6-7,10-13,21,23H,5,8-9,14-18H2,1H3/t23-/m1/s1. The van der Waals surface area contributed by atoms with Crippen LogP contribution in [0.1, 0.15) is 43.2 Å². The molecule has 2 aliphatic heterocycles. The van der Waals surface area contributed by atoms with Crippen LogP contribution in [0.3, 0.4) is 0 Å². The summed E-state index contributed by atoms with van der Waals surface area (Å²) in [6, 6.07) is 18.0. The molecular weight excluding hydrogens is 360 g/mol. The van der Waals surface area contributed by atoms with Crippen molar-refractivity contribution in [1.29, 1.82) is 0 Å². The van der Waals surface area contributed by atoms with E-state index in [1.807, 2.05) is 31.2 Å². The van der Waals surface area contributed by atoms with Crippen molar-refractivity contribution >= 4 is 17.5 Å². The largest absolute Gasteiger partial charge is 0.292 e. The van der Waals surface area contributed by atoms with Gasteiger partial charge in [-0.15, -0.1) is 0 Å². The summed E-state index contributed by atoms with van der Waals surface area (Å²) in [4.78, 5) is 29.1. The highest BCUT2D eigenvalue weighted by Gasteiger charge is 2.43. The predicted octanol–water partition coefficient (Wildman–Crippen LogP) is 4.36. The van der Waals surface area contributed by atoms with E-state index in [4.69, 9.17) is 0 Å². The van der Waals surface area contributed by atoms with E-state index in [0.29, 0.717) is 12.1 Å². The lowest BCUT2D eigenvalue weighted by atomic mass is 9.90. The number of anilines is 1. The number of imide groups is 1. The Morgan fingerprint density at radius 1 is 0.931 bits per heavy atom. The van der Waals surface area contributed by atoms with Crippen molar-refractivity contribution in [3.05, 3.63) is 65.7 Å². The van der Waals surface area contributed by atoms with Crippen molar-refractivity contribution in [2.75, 3.05) is 18.0 Å². The van der Waals surface area contributed by atoms with Gasteiger partial charge in [0.2, 0.25) is 5.91 Å². The lowest BCUT2D eigenvalue weighted by Gasteiger charge is -2.34. The average molecular weight is 391 g/mol. The Morgan fingerprint density at radius 2 is 1.62 bits per heavy atom. The molecular formula is C25H30N2O2. The third kappa shape index (κ3) is 4.59. The molecule has 2 saturated heterocycles. The summed E-state index contributed by atoms with van der Waals surface area (Å²) in [5.74, 6) is 0.602. The first-order valence-corrected chi connectivity index (χ1v) is 10.8. The Morgan fingerprint density at radius 3 is 2.31 bits per heavy atom. The summed E-state index contributed by atoms with van der Waals surface area (Å²) in [6.07, 6.45) is 6.16. The van der Waals surface area contributed by atoms with Crippen LogP contribution >= 0.6 is 0 Å². The molecule has 2 fully saturated rings. The summed E-state index contributed by atoms with van der Waals surface area (Å²) in [6.45, 7) is 3.84. The maximum absolute atomic E-state index is 13.0. The smallest absolute Gasteiger partial charge is 0.251 e. The summed E-state index contributed by atoms with van der Waals surface area (Å²) in [5.41, 5.74) is 3.24. The number of nitrogens with zero attached hydrogens (tertiary/aromatic N) is 2. The Kier molecular flexibility index (Phi) is 6.10. The third-order valence-electron chi connectivity index (χ3n) is 6.43. The number of benzene rings is 2. The van der Waals surface area contributed by atoms with Crippen LogP contribution in [0.25, 0.3) is 0 Å². The molecule has 0 spiro atoms. The van der Waals surface area contributed by atoms with Crippen LogP contribution in [0.2, 0.25) is 0 Å². The minimum Gasteiger partial charge on any atom is -0.292 e. The lowest BCUT2D eigenvalue weighted by Crippen LogP contribution is -2.46. The highest BCUT2D eigenvalue weighted by molar-refractivity contribution is 6.22. The SMILES string of the molecule is Cc1ccc(N2C(=O)C[C@@H](N3CCC(CCCc4ccccc4)CC3)C2=O)cc1. The van der Waals surface area contributed by atoms with Gasteiger partial charge in [-0.3, -0.25) is 14.5 Å². The molecule has 2 aromatic carbocycles. The van der Waals surface area contributed by atoms with E-state index in [0.717, 1.165) is 43.8 Å². The van der Waals surface area contributed by atoms with Crippen LogP contribution in [-0.4, -0.2) is 35.8 Å². The summed E-state index contributed by atoms with van der Waals surface area (Å²) < 4.78 is 0. The lowest BCUT2D eigenvalue weighted by molar-refractivity contribution is -0.123. The fraction of sp³-hybridized carbons (Fsp3) is 0.440. The van der Waals surface area contributed by atoms with Gasteiger partial charge in [-0.2, -0.15) is 0 Å². The topological polar surface area (TPSA) is 40.6 Å². The Hall–Kier alpha value is -2.46. The van der Waals surface area contributed by atoms with Gasteiger partial charge in [0.15, 0.2) is 0 Å². The molecule has 1 atom stereocenters. The molecule has 0 aromatic heterocycles. The monoisotopic (exact) mass is 390 g/mol. The first-order chi connectivity index (χ1) is 14.1. The summed E-state index contributed by atoms with van der Waals surface area (Å²) in [7, 11) is 0. The van der Waals surface area contributed by atoms with Gasteiger partial charge in [-0.1, -0.05) is 54.4 Å². The molecule has 0 saturated carbocycles. The van der Waals surface area contributed by atoms with E-state index in [9.17, 15) is 9.59 Å². The second kappa shape index (κ2) is 8.91. The first-order valence-electron chi connectivity index (χ1n) is 10.8. The van der Waals surface area contributed by atoms with Gasteiger partial charge < -0.3 is 0 Å². The molecule has 2 amide bonds. The molecule has 152 valence electrons. The molecule has 0 N–H and O–H groups in total. The molecule has 4 nitrogen and oxygen atoms in total. The van der Waals surface area contributed by atoms with Crippen LogP contribution in [0.15, 0.2) is 54.6 Å². The average Bonchev–Trinajstić information content (AvgIpc) is 3.04. The van der Waals surface area contributed by atoms with Crippen molar-refractivity contribution in [3.63, 3.8) is 0 Å². The summed E-state index contributed by atoms with van der Waals surface area (Å²) in [5, 5.41) is 0. The van der Waals surface area contributed by atoms with Crippen LogP contribution < -0.4 is 4.90 Å². The maximum atomic E-state index is 13.0. The van der Waals surface area contributed by atoms with Gasteiger partial charge in [0.25, 0.3) is 5.91 Å². The number of rotatable bonds is 6. The molecule has 4 rings (SSSR count). The number of likely N-dealkylation sites (tertiary alicyclic amines) is 1. The minimum absolute atomic E-state index is 0.0543. The van der Waals surface area contributed by atoms with Crippen molar-refractivity contribution < 1.29 is 9.59 Å². The van der Waals surface area contributed by atoms with E-state index in [1.165, 1.54) is 23.3 Å².